The van der Waals surface area contributed by atoms with Gasteiger partial charge in [0.05, 0.1) is 11.4 Å². The monoisotopic (exact) mass is 252 g/mol. The molecule has 5 heteroatoms. The van der Waals surface area contributed by atoms with Gasteiger partial charge in [-0.3, -0.25) is 4.79 Å². The summed E-state index contributed by atoms with van der Waals surface area (Å²) in [5.41, 5.74) is 0.301. The van der Waals surface area contributed by atoms with E-state index in [0.717, 1.165) is 6.07 Å². The van der Waals surface area contributed by atoms with Crippen molar-refractivity contribution in [2.75, 3.05) is 0 Å². The lowest BCUT2D eigenvalue weighted by atomic mass is 10.1. The SMILES string of the molecule is Cn1ccnc1CC(=O)c1ccc(Cl)c(F)c1. The van der Waals surface area contributed by atoms with Gasteiger partial charge in [0.25, 0.3) is 0 Å². The normalized spacial score (nSPS) is 10.5. The highest BCUT2D eigenvalue weighted by atomic mass is 35.5. The standard InChI is InChI=1S/C12H10ClFN2O/c1-16-5-4-15-12(16)7-11(17)8-2-3-9(13)10(14)6-8/h2-6H,7H2,1H3. The fourth-order valence-electron chi connectivity index (χ4n) is 1.48. The van der Waals surface area contributed by atoms with E-state index in [-0.39, 0.29) is 17.2 Å². The lowest BCUT2D eigenvalue weighted by Gasteiger charge is -2.02. The molecule has 0 saturated heterocycles. The van der Waals surface area contributed by atoms with E-state index in [1.54, 1.807) is 24.0 Å². The Morgan fingerprint density at radius 2 is 2.29 bits per heavy atom. The Labute approximate surface area is 103 Å². The quantitative estimate of drug-likeness (QED) is 0.787. The van der Waals surface area contributed by atoms with Gasteiger partial charge in [-0.05, 0) is 18.2 Å². The molecule has 1 heterocycles. The Morgan fingerprint density at radius 1 is 1.53 bits per heavy atom. The number of rotatable bonds is 3. The van der Waals surface area contributed by atoms with Crippen molar-refractivity contribution in [3.8, 4) is 0 Å². The van der Waals surface area contributed by atoms with Crippen LogP contribution in [0.2, 0.25) is 5.02 Å². The smallest absolute Gasteiger partial charge is 0.170 e. The van der Waals surface area contributed by atoms with E-state index in [2.05, 4.69) is 4.98 Å². The molecule has 3 nitrogen and oxygen atoms in total. The minimum Gasteiger partial charge on any atom is -0.338 e. The number of imidazole rings is 1. The Morgan fingerprint density at radius 3 is 2.88 bits per heavy atom. The number of hydrogen-bond acceptors (Lipinski definition) is 2. The van der Waals surface area contributed by atoms with Crippen molar-refractivity contribution in [1.29, 1.82) is 0 Å². The highest BCUT2D eigenvalue weighted by Gasteiger charge is 2.12. The minimum atomic E-state index is -0.586. The number of aryl methyl sites for hydroxylation is 1. The molecule has 88 valence electrons. The molecule has 0 saturated carbocycles. The molecule has 2 aromatic rings. The summed E-state index contributed by atoms with van der Waals surface area (Å²) in [6, 6.07) is 4.03. The molecule has 0 atom stereocenters. The van der Waals surface area contributed by atoms with Crippen LogP contribution in [0.1, 0.15) is 16.2 Å². The van der Waals surface area contributed by atoms with Crippen molar-refractivity contribution in [1.82, 2.24) is 9.55 Å². The number of nitrogens with zero attached hydrogens (tertiary/aromatic N) is 2. The summed E-state index contributed by atoms with van der Waals surface area (Å²) in [5, 5.41) is 0.0125. The van der Waals surface area contributed by atoms with E-state index in [9.17, 15) is 9.18 Å². The topological polar surface area (TPSA) is 34.9 Å². The predicted octanol–water partition coefficient (Wildman–Crippen LogP) is 2.64. The van der Waals surface area contributed by atoms with E-state index in [1.807, 2.05) is 0 Å². The second-order valence-electron chi connectivity index (χ2n) is 3.68. The molecule has 0 aliphatic heterocycles. The van der Waals surface area contributed by atoms with Crippen LogP contribution in [0.15, 0.2) is 30.6 Å². The van der Waals surface area contributed by atoms with Gasteiger partial charge in [-0.2, -0.15) is 0 Å². The van der Waals surface area contributed by atoms with Crippen molar-refractivity contribution in [2.45, 2.75) is 6.42 Å². The van der Waals surface area contributed by atoms with Crippen LogP contribution in [0.5, 0.6) is 0 Å². The molecule has 0 aliphatic carbocycles. The molecule has 0 radical (unpaired) electrons. The summed E-state index contributed by atoms with van der Waals surface area (Å²) in [6.45, 7) is 0. The van der Waals surface area contributed by atoms with Crippen molar-refractivity contribution < 1.29 is 9.18 Å². The van der Waals surface area contributed by atoms with Gasteiger partial charge in [-0.15, -0.1) is 0 Å². The summed E-state index contributed by atoms with van der Waals surface area (Å²) in [6.07, 6.45) is 3.51. The first kappa shape index (κ1) is 11.8. The number of benzene rings is 1. The molecular weight excluding hydrogens is 243 g/mol. The van der Waals surface area contributed by atoms with E-state index >= 15 is 0 Å². The van der Waals surface area contributed by atoms with Gasteiger partial charge >= 0.3 is 0 Å². The van der Waals surface area contributed by atoms with Crippen molar-refractivity contribution in [2.24, 2.45) is 7.05 Å². The first-order valence-corrected chi connectivity index (χ1v) is 5.40. The van der Waals surface area contributed by atoms with Gasteiger partial charge in [0, 0.05) is 25.0 Å². The Bertz CT molecular complexity index is 565. The Hall–Kier alpha value is -1.68. The third-order valence-corrected chi connectivity index (χ3v) is 2.79. The van der Waals surface area contributed by atoms with E-state index in [0.29, 0.717) is 11.4 Å². The second kappa shape index (κ2) is 4.67. The van der Waals surface area contributed by atoms with Crippen LogP contribution in [0.25, 0.3) is 0 Å². The summed E-state index contributed by atoms with van der Waals surface area (Å²) in [7, 11) is 1.80. The maximum atomic E-state index is 13.2. The number of aromatic nitrogens is 2. The van der Waals surface area contributed by atoms with Crippen molar-refractivity contribution in [3.05, 3.63) is 52.8 Å². The molecule has 1 aromatic heterocycles. The van der Waals surface area contributed by atoms with Crippen LogP contribution < -0.4 is 0 Å². The lowest BCUT2D eigenvalue weighted by molar-refractivity contribution is 0.0989. The maximum Gasteiger partial charge on any atom is 0.170 e. The summed E-state index contributed by atoms with van der Waals surface area (Å²) >= 11 is 5.55. The zero-order chi connectivity index (χ0) is 12.4. The van der Waals surface area contributed by atoms with Gasteiger partial charge in [0.15, 0.2) is 5.78 Å². The van der Waals surface area contributed by atoms with E-state index in [4.69, 9.17) is 11.6 Å². The van der Waals surface area contributed by atoms with E-state index < -0.39 is 5.82 Å². The maximum absolute atomic E-state index is 13.2. The number of carbonyl (C=O) groups is 1. The van der Waals surface area contributed by atoms with Gasteiger partial charge in [0.1, 0.15) is 11.6 Å². The summed E-state index contributed by atoms with van der Waals surface area (Å²) in [4.78, 5) is 15.9. The molecule has 0 unspecified atom stereocenters. The van der Waals surface area contributed by atoms with Crippen molar-refractivity contribution in [3.63, 3.8) is 0 Å². The fourth-order valence-corrected chi connectivity index (χ4v) is 1.60. The largest absolute Gasteiger partial charge is 0.338 e. The molecule has 0 amide bonds. The number of ketones is 1. The predicted molar refractivity (Wildman–Crippen MR) is 62.7 cm³/mol. The molecule has 0 spiro atoms. The van der Waals surface area contributed by atoms with Crippen LogP contribution in [0.4, 0.5) is 4.39 Å². The summed E-state index contributed by atoms with van der Waals surface area (Å²) < 4.78 is 14.9. The van der Waals surface area contributed by atoms with Gasteiger partial charge in [-0.1, -0.05) is 11.6 Å². The lowest BCUT2D eigenvalue weighted by Crippen LogP contribution is -2.08. The van der Waals surface area contributed by atoms with Crippen LogP contribution in [-0.4, -0.2) is 15.3 Å². The molecule has 2 rings (SSSR count). The first-order chi connectivity index (χ1) is 8.08. The molecule has 17 heavy (non-hydrogen) atoms. The molecule has 0 bridgehead atoms. The molecular formula is C12H10ClFN2O. The fraction of sp³-hybridized carbons (Fsp3) is 0.167. The third kappa shape index (κ3) is 2.53. The highest BCUT2D eigenvalue weighted by molar-refractivity contribution is 6.30. The number of hydrogen-bond donors (Lipinski definition) is 0. The minimum absolute atomic E-state index is 0.0125. The van der Waals surface area contributed by atoms with Gasteiger partial charge < -0.3 is 4.57 Å². The number of Topliss-reactive ketones (excluding diaryl/α,β-unsaturated/α-hetero) is 1. The van der Waals surface area contributed by atoms with Crippen LogP contribution in [0, 0.1) is 5.82 Å². The summed E-state index contributed by atoms with van der Waals surface area (Å²) in [5.74, 6) is -0.127. The van der Waals surface area contributed by atoms with E-state index in [1.165, 1.54) is 12.1 Å². The third-order valence-electron chi connectivity index (χ3n) is 2.48. The highest BCUT2D eigenvalue weighted by Crippen LogP contribution is 2.16. The molecule has 1 aromatic carbocycles. The first-order valence-electron chi connectivity index (χ1n) is 5.02. The zero-order valence-electron chi connectivity index (χ0n) is 9.15. The Balaban J connectivity index is 2.20. The molecule has 0 aliphatic rings. The zero-order valence-corrected chi connectivity index (χ0v) is 9.91. The average molecular weight is 253 g/mol. The van der Waals surface area contributed by atoms with Crippen LogP contribution in [0.3, 0.4) is 0 Å². The van der Waals surface area contributed by atoms with Gasteiger partial charge in [-0.25, -0.2) is 9.37 Å². The molecule has 0 fully saturated rings. The van der Waals surface area contributed by atoms with Gasteiger partial charge in [0.2, 0.25) is 0 Å². The molecule has 0 N–H and O–H groups in total. The number of carbonyl (C=O) groups excluding carboxylic acids is 1. The van der Waals surface area contributed by atoms with Crippen molar-refractivity contribution >= 4 is 17.4 Å². The number of halogens is 2. The average Bonchev–Trinajstić information content (AvgIpc) is 2.68. The van der Waals surface area contributed by atoms with Crippen LogP contribution >= 0.6 is 11.6 Å². The Kier molecular flexibility index (Phi) is 3.24. The van der Waals surface area contributed by atoms with Crippen LogP contribution in [-0.2, 0) is 13.5 Å². The second-order valence-corrected chi connectivity index (χ2v) is 4.09.